The monoisotopic (exact) mass is 391 g/mol. The number of aromatic amines is 1. The van der Waals surface area contributed by atoms with E-state index in [4.69, 9.17) is 0 Å². The standard InChI is InChI=1S/C26H21N3O/c1-17-9-6-7-14-23(17)28-26(30)20(16-27)15-22-21-13-8-10-18(2)24(21)29-25(22)19-11-4-3-5-12-19/h3-15,29H,1-2H3,(H,28,30)/b20-15-. The van der Waals surface area contributed by atoms with Crippen LogP contribution in [0.2, 0.25) is 0 Å². The predicted octanol–water partition coefficient (Wildman–Crippen LogP) is 6.00. The number of hydrogen-bond acceptors (Lipinski definition) is 2. The number of amides is 1. The maximum absolute atomic E-state index is 12.9. The lowest BCUT2D eigenvalue weighted by Gasteiger charge is -2.07. The molecular weight excluding hydrogens is 370 g/mol. The Bertz CT molecular complexity index is 1310. The molecule has 0 fully saturated rings. The number of H-pyrrole nitrogens is 1. The Balaban J connectivity index is 1.84. The van der Waals surface area contributed by atoms with Crippen molar-refractivity contribution in [2.45, 2.75) is 13.8 Å². The summed E-state index contributed by atoms with van der Waals surface area (Å²) in [6.07, 6.45) is 1.67. The highest BCUT2D eigenvalue weighted by Crippen LogP contribution is 2.33. The fourth-order valence-electron chi connectivity index (χ4n) is 3.56. The van der Waals surface area contributed by atoms with Crippen LogP contribution in [0.5, 0.6) is 0 Å². The first-order valence-electron chi connectivity index (χ1n) is 9.74. The van der Waals surface area contributed by atoms with E-state index in [0.29, 0.717) is 5.69 Å². The van der Waals surface area contributed by atoms with E-state index in [1.54, 1.807) is 6.08 Å². The van der Waals surface area contributed by atoms with Crippen molar-refractivity contribution < 1.29 is 4.79 Å². The quantitative estimate of drug-likeness (QED) is 0.331. The molecule has 0 aliphatic carbocycles. The number of aryl methyl sites for hydroxylation is 2. The number of carbonyl (C=O) groups is 1. The van der Waals surface area contributed by atoms with Crippen molar-refractivity contribution in [3.05, 3.63) is 95.1 Å². The zero-order valence-electron chi connectivity index (χ0n) is 16.9. The van der Waals surface area contributed by atoms with Crippen molar-refractivity contribution in [3.8, 4) is 17.3 Å². The molecule has 146 valence electrons. The molecule has 0 saturated heterocycles. The third kappa shape index (κ3) is 3.61. The highest BCUT2D eigenvalue weighted by atomic mass is 16.1. The zero-order valence-corrected chi connectivity index (χ0v) is 16.9. The van der Waals surface area contributed by atoms with E-state index in [1.807, 2.05) is 86.6 Å². The van der Waals surface area contributed by atoms with Crippen molar-refractivity contribution >= 4 is 28.6 Å². The van der Waals surface area contributed by atoms with Gasteiger partial charge in [-0.2, -0.15) is 5.26 Å². The van der Waals surface area contributed by atoms with Gasteiger partial charge in [-0.05, 0) is 42.7 Å². The van der Waals surface area contributed by atoms with Gasteiger partial charge in [-0.25, -0.2) is 0 Å². The summed E-state index contributed by atoms with van der Waals surface area (Å²) in [5, 5.41) is 13.6. The normalized spacial score (nSPS) is 11.3. The number of para-hydroxylation sites is 2. The fourth-order valence-corrected chi connectivity index (χ4v) is 3.56. The number of aromatic nitrogens is 1. The summed E-state index contributed by atoms with van der Waals surface area (Å²) in [6, 6.07) is 25.5. The molecule has 4 nitrogen and oxygen atoms in total. The number of carbonyl (C=O) groups excluding carboxylic acids is 1. The molecule has 4 rings (SSSR count). The third-order valence-corrected chi connectivity index (χ3v) is 5.19. The summed E-state index contributed by atoms with van der Waals surface area (Å²) in [4.78, 5) is 16.4. The van der Waals surface area contributed by atoms with E-state index in [1.165, 1.54) is 0 Å². The molecule has 1 amide bonds. The second-order valence-electron chi connectivity index (χ2n) is 7.22. The van der Waals surface area contributed by atoms with Gasteiger partial charge in [0.1, 0.15) is 11.6 Å². The van der Waals surface area contributed by atoms with E-state index in [9.17, 15) is 10.1 Å². The van der Waals surface area contributed by atoms with Crippen LogP contribution in [0.3, 0.4) is 0 Å². The maximum Gasteiger partial charge on any atom is 0.266 e. The van der Waals surface area contributed by atoms with Gasteiger partial charge in [0.15, 0.2) is 0 Å². The molecule has 0 atom stereocenters. The highest BCUT2D eigenvalue weighted by molar-refractivity contribution is 6.12. The second kappa shape index (κ2) is 8.10. The van der Waals surface area contributed by atoms with Gasteiger partial charge in [0.05, 0.1) is 5.69 Å². The van der Waals surface area contributed by atoms with E-state index in [0.717, 1.165) is 38.9 Å². The molecule has 0 radical (unpaired) electrons. The molecule has 2 N–H and O–H groups in total. The molecule has 4 aromatic rings. The molecule has 0 bridgehead atoms. The van der Waals surface area contributed by atoms with Gasteiger partial charge in [-0.15, -0.1) is 0 Å². The van der Waals surface area contributed by atoms with Gasteiger partial charge < -0.3 is 10.3 Å². The van der Waals surface area contributed by atoms with Crippen LogP contribution < -0.4 is 5.32 Å². The van der Waals surface area contributed by atoms with Crippen LogP contribution in [0.15, 0.2) is 78.4 Å². The summed E-state index contributed by atoms with van der Waals surface area (Å²) in [5.74, 6) is -0.423. The summed E-state index contributed by atoms with van der Waals surface area (Å²) >= 11 is 0. The topological polar surface area (TPSA) is 68.7 Å². The van der Waals surface area contributed by atoms with Gasteiger partial charge >= 0.3 is 0 Å². The van der Waals surface area contributed by atoms with Crippen LogP contribution in [0.1, 0.15) is 16.7 Å². The molecule has 0 aliphatic heterocycles. The Kier molecular flexibility index (Phi) is 5.19. The van der Waals surface area contributed by atoms with E-state index < -0.39 is 5.91 Å². The van der Waals surface area contributed by atoms with Crippen LogP contribution in [0, 0.1) is 25.2 Å². The number of rotatable bonds is 4. The van der Waals surface area contributed by atoms with Gasteiger partial charge in [-0.3, -0.25) is 4.79 Å². The first-order valence-corrected chi connectivity index (χ1v) is 9.74. The van der Waals surface area contributed by atoms with Crippen LogP contribution in [-0.2, 0) is 4.79 Å². The van der Waals surface area contributed by atoms with Crippen molar-refractivity contribution in [1.29, 1.82) is 5.26 Å². The van der Waals surface area contributed by atoms with E-state index in [-0.39, 0.29) is 5.57 Å². The molecule has 1 aromatic heterocycles. The number of nitrogens with zero attached hydrogens (tertiary/aromatic N) is 1. The molecule has 0 spiro atoms. The van der Waals surface area contributed by atoms with Crippen LogP contribution in [0.25, 0.3) is 28.2 Å². The zero-order chi connectivity index (χ0) is 21.1. The summed E-state index contributed by atoms with van der Waals surface area (Å²) < 4.78 is 0. The third-order valence-electron chi connectivity index (χ3n) is 5.19. The van der Waals surface area contributed by atoms with Crippen LogP contribution >= 0.6 is 0 Å². The van der Waals surface area contributed by atoms with Crippen molar-refractivity contribution in [3.63, 3.8) is 0 Å². The number of benzene rings is 3. The molecule has 30 heavy (non-hydrogen) atoms. The summed E-state index contributed by atoms with van der Waals surface area (Å²) in [5.41, 5.74) is 6.51. The van der Waals surface area contributed by atoms with Crippen LogP contribution in [0.4, 0.5) is 5.69 Å². The summed E-state index contributed by atoms with van der Waals surface area (Å²) in [7, 11) is 0. The number of anilines is 1. The van der Waals surface area contributed by atoms with E-state index in [2.05, 4.69) is 16.4 Å². The SMILES string of the molecule is Cc1ccccc1NC(=O)/C(C#N)=C\c1c(-c2ccccc2)[nH]c2c(C)cccc12. The van der Waals surface area contributed by atoms with Gasteiger partial charge in [0.25, 0.3) is 5.91 Å². The van der Waals surface area contributed by atoms with Gasteiger partial charge in [0, 0.05) is 22.2 Å². The van der Waals surface area contributed by atoms with Crippen LogP contribution in [-0.4, -0.2) is 10.9 Å². The van der Waals surface area contributed by atoms with Crippen molar-refractivity contribution in [2.24, 2.45) is 0 Å². The molecule has 3 aromatic carbocycles. The Morgan fingerprint density at radius 3 is 2.37 bits per heavy atom. The maximum atomic E-state index is 12.9. The number of nitrogens with one attached hydrogen (secondary N) is 2. The number of hydrogen-bond donors (Lipinski definition) is 2. The highest BCUT2D eigenvalue weighted by Gasteiger charge is 2.17. The molecule has 0 unspecified atom stereocenters. The lowest BCUT2D eigenvalue weighted by atomic mass is 10.0. The molecular formula is C26H21N3O. The first kappa shape index (κ1) is 19.2. The van der Waals surface area contributed by atoms with Crippen molar-refractivity contribution in [2.75, 3.05) is 5.32 Å². The van der Waals surface area contributed by atoms with Crippen molar-refractivity contribution in [1.82, 2.24) is 4.98 Å². The molecule has 0 saturated carbocycles. The number of nitriles is 1. The number of fused-ring (bicyclic) bond motifs is 1. The fraction of sp³-hybridized carbons (Fsp3) is 0.0769. The Labute approximate surface area is 175 Å². The lowest BCUT2D eigenvalue weighted by molar-refractivity contribution is -0.112. The minimum absolute atomic E-state index is 0.0536. The second-order valence-corrected chi connectivity index (χ2v) is 7.22. The molecule has 4 heteroatoms. The average molecular weight is 391 g/mol. The average Bonchev–Trinajstić information content (AvgIpc) is 3.14. The molecule has 0 aliphatic rings. The minimum atomic E-state index is -0.423. The van der Waals surface area contributed by atoms with E-state index >= 15 is 0 Å². The smallest absolute Gasteiger partial charge is 0.266 e. The minimum Gasteiger partial charge on any atom is -0.354 e. The Morgan fingerprint density at radius 1 is 0.933 bits per heavy atom. The Hall–Kier alpha value is -4.10. The van der Waals surface area contributed by atoms with Gasteiger partial charge in [-0.1, -0.05) is 66.7 Å². The Morgan fingerprint density at radius 2 is 1.63 bits per heavy atom. The lowest BCUT2D eigenvalue weighted by Crippen LogP contribution is -2.14. The molecule has 1 heterocycles. The van der Waals surface area contributed by atoms with Gasteiger partial charge in [0.2, 0.25) is 0 Å². The largest absolute Gasteiger partial charge is 0.354 e. The summed E-state index contributed by atoms with van der Waals surface area (Å²) in [6.45, 7) is 3.96. The first-order chi connectivity index (χ1) is 14.6. The predicted molar refractivity (Wildman–Crippen MR) is 122 cm³/mol.